The van der Waals surface area contributed by atoms with Gasteiger partial charge in [-0.05, 0) is 31.2 Å². The van der Waals surface area contributed by atoms with Gasteiger partial charge in [-0.15, -0.1) is 10.2 Å². The molecule has 2 rings (SSSR count). The molecule has 0 saturated carbocycles. The molecule has 0 aliphatic heterocycles. The van der Waals surface area contributed by atoms with Gasteiger partial charge in [0.25, 0.3) is 0 Å². The lowest BCUT2D eigenvalue weighted by Crippen LogP contribution is -2.33. The molecule has 1 amide bonds. The van der Waals surface area contributed by atoms with Gasteiger partial charge in [-0.3, -0.25) is 4.79 Å². The third-order valence-corrected chi connectivity index (χ3v) is 4.48. The van der Waals surface area contributed by atoms with Crippen LogP contribution >= 0.6 is 23.4 Å². The second-order valence-corrected chi connectivity index (χ2v) is 6.80. The number of methoxy groups -OCH3 is 1. The molecular formula is C15H20ClN5O3S. The number of hydrogen-bond acceptors (Lipinski definition) is 7. The first-order valence-electron chi connectivity index (χ1n) is 7.52. The molecule has 136 valence electrons. The highest BCUT2D eigenvalue weighted by Gasteiger charge is 2.19. The van der Waals surface area contributed by atoms with Gasteiger partial charge in [0, 0.05) is 18.7 Å². The van der Waals surface area contributed by atoms with E-state index in [0.717, 1.165) is 0 Å². The fourth-order valence-electron chi connectivity index (χ4n) is 1.80. The Hall–Kier alpha value is -1.97. The number of nitrogens with one attached hydrogen (secondary N) is 1. The Kier molecular flexibility index (Phi) is 7.35. The molecule has 1 aromatic carbocycles. The fraction of sp³-hybridized carbons (Fsp3) is 0.400. The first-order chi connectivity index (χ1) is 12.0. The molecule has 0 saturated heterocycles. The van der Waals surface area contributed by atoms with Crippen molar-refractivity contribution in [2.75, 3.05) is 26.1 Å². The summed E-state index contributed by atoms with van der Waals surface area (Å²) in [6.45, 7) is 2.84. The van der Waals surface area contributed by atoms with Crippen LogP contribution in [0.15, 0.2) is 29.4 Å². The third kappa shape index (κ3) is 5.80. The van der Waals surface area contributed by atoms with Crippen LogP contribution in [0.2, 0.25) is 5.02 Å². The first kappa shape index (κ1) is 19.4. The lowest BCUT2D eigenvalue weighted by atomic mass is 10.3. The zero-order valence-electron chi connectivity index (χ0n) is 13.9. The second kappa shape index (κ2) is 9.50. The smallest absolute Gasteiger partial charge is 0.233 e. The standard InChI is InChI=1S/C15H20ClN5O3S/c1-10(14(22)18-7-8-23-2)25-15-20-19-13(21(15)17)9-24-12-5-3-11(16)4-6-12/h3-6,10H,7-9,17H2,1-2H3,(H,18,22)/t10-/m1/s1. The number of nitrogen functional groups attached to an aromatic ring is 1. The van der Waals surface area contributed by atoms with E-state index in [9.17, 15) is 4.79 Å². The van der Waals surface area contributed by atoms with Crippen LogP contribution in [0.5, 0.6) is 5.75 Å². The predicted molar refractivity (Wildman–Crippen MR) is 96.2 cm³/mol. The molecule has 0 aliphatic carbocycles. The van der Waals surface area contributed by atoms with E-state index in [0.29, 0.717) is 34.9 Å². The maximum Gasteiger partial charge on any atom is 0.233 e. The van der Waals surface area contributed by atoms with Gasteiger partial charge >= 0.3 is 0 Å². The van der Waals surface area contributed by atoms with Gasteiger partial charge in [-0.25, -0.2) is 4.68 Å². The number of rotatable bonds is 9. The van der Waals surface area contributed by atoms with Crippen molar-refractivity contribution in [1.82, 2.24) is 20.2 Å². The number of aromatic nitrogens is 3. The van der Waals surface area contributed by atoms with Crippen LogP contribution in [-0.2, 0) is 16.1 Å². The summed E-state index contributed by atoms with van der Waals surface area (Å²) in [5.74, 6) is 6.95. The number of benzene rings is 1. The molecule has 0 aliphatic rings. The van der Waals surface area contributed by atoms with Crippen molar-refractivity contribution in [2.24, 2.45) is 0 Å². The minimum atomic E-state index is -0.367. The van der Waals surface area contributed by atoms with Gasteiger partial charge in [0.15, 0.2) is 5.82 Å². The van der Waals surface area contributed by atoms with Crippen LogP contribution < -0.4 is 15.9 Å². The summed E-state index contributed by atoms with van der Waals surface area (Å²) in [7, 11) is 1.58. The van der Waals surface area contributed by atoms with E-state index in [2.05, 4.69) is 15.5 Å². The second-order valence-electron chi connectivity index (χ2n) is 5.06. The van der Waals surface area contributed by atoms with Crippen molar-refractivity contribution in [1.29, 1.82) is 0 Å². The maximum absolute atomic E-state index is 12.0. The molecule has 0 unspecified atom stereocenters. The minimum Gasteiger partial charge on any atom is -0.486 e. The molecule has 10 heteroatoms. The zero-order valence-corrected chi connectivity index (χ0v) is 15.5. The summed E-state index contributed by atoms with van der Waals surface area (Å²) < 4.78 is 11.8. The monoisotopic (exact) mass is 385 g/mol. The SMILES string of the molecule is COCCNC(=O)[C@@H](C)Sc1nnc(COc2ccc(Cl)cc2)n1N. The van der Waals surface area contributed by atoms with Crippen molar-refractivity contribution < 1.29 is 14.3 Å². The van der Waals surface area contributed by atoms with E-state index in [1.54, 1.807) is 38.3 Å². The van der Waals surface area contributed by atoms with Crippen LogP contribution in [0.25, 0.3) is 0 Å². The third-order valence-electron chi connectivity index (χ3n) is 3.17. The Balaban J connectivity index is 1.89. The van der Waals surface area contributed by atoms with Crippen molar-refractivity contribution in [3.8, 4) is 5.75 Å². The average molecular weight is 386 g/mol. The molecule has 8 nitrogen and oxygen atoms in total. The van der Waals surface area contributed by atoms with E-state index in [1.165, 1.54) is 16.4 Å². The Morgan fingerprint density at radius 3 is 2.80 bits per heavy atom. The highest BCUT2D eigenvalue weighted by molar-refractivity contribution is 8.00. The molecular weight excluding hydrogens is 366 g/mol. The van der Waals surface area contributed by atoms with Crippen LogP contribution in [-0.4, -0.2) is 46.3 Å². The van der Waals surface area contributed by atoms with E-state index >= 15 is 0 Å². The molecule has 0 fully saturated rings. The number of carbonyl (C=O) groups excluding carboxylic acids is 1. The lowest BCUT2D eigenvalue weighted by molar-refractivity contribution is -0.120. The summed E-state index contributed by atoms with van der Waals surface area (Å²) in [6.07, 6.45) is 0. The average Bonchev–Trinajstić information content (AvgIpc) is 2.94. The Labute approximate surface area is 155 Å². The number of nitrogens with two attached hydrogens (primary N) is 1. The number of carbonyl (C=O) groups is 1. The summed E-state index contributed by atoms with van der Waals surface area (Å²) >= 11 is 7.05. The number of nitrogens with zero attached hydrogens (tertiary/aromatic N) is 3. The number of halogens is 1. The van der Waals surface area contributed by atoms with E-state index in [4.69, 9.17) is 26.9 Å². The zero-order chi connectivity index (χ0) is 18.2. The molecule has 1 heterocycles. The fourth-order valence-corrected chi connectivity index (χ4v) is 2.74. The molecule has 0 bridgehead atoms. The molecule has 1 atom stereocenters. The van der Waals surface area contributed by atoms with Crippen LogP contribution in [0.3, 0.4) is 0 Å². The molecule has 1 aromatic heterocycles. The Morgan fingerprint density at radius 2 is 2.12 bits per heavy atom. The van der Waals surface area contributed by atoms with Crippen LogP contribution in [0, 0.1) is 0 Å². The van der Waals surface area contributed by atoms with Crippen molar-refractivity contribution in [3.05, 3.63) is 35.1 Å². The molecule has 0 spiro atoms. The van der Waals surface area contributed by atoms with Crippen molar-refractivity contribution in [2.45, 2.75) is 23.9 Å². The first-order valence-corrected chi connectivity index (χ1v) is 8.78. The summed E-state index contributed by atoms with van der Waals surface area (Å²) in [5.41, 5.74) is 0. The maximum atomic E-state index is 12.0. The van der Waals surface area contributed by atoms with Gasteiger partial charge in [-0.1, -0.05) is 23.4 Å². The van der Waals surface area contributed by atoms with Gasteiger partial charge in [0.05, 0.1) is 11.9 Å². The molecule has 3 N–H and O–H groups in total. The minimum absolute atomic E-state index is 0.121. The largest absolute Gasteiger partial charge is 0.486 e. The normalized spacial score (nSPS) is 12.0. The molecule has 0 radical (unpaired) electrons. The van der Waals surface area contributed by atoms with Gasteiger partial charge < -0.3 is 20.6 Å². The highest BCUT2D eigenvalue weighted by atomic mass is 35.5. The Bertz CT molecular complexity index is 695. The number of amides is 1. The van der Waals surface area contributed by atoms with Crippen LogP contribution in [0.1, 0.15) is 12.7 Å². The molecule has 2 aromatic rings. The number of ether oxygens (including phenoxy) is 2. The van der Waals surface area contributed by atoms with Crippen LogP contribution in [0.4, 0.5) is 0 Å². The van der Waals surface area contributed by atoms with E-state index in [1.807, 2.05) is 0 Å². The van der Waals surface area contributed by atoms with Gasteiger partial charge in [0.2, 0.25) is 11.1 Å². The molecule has 25 heavy (non-hydrogen) atoms. The summed E-state index contributed by atoms with van der Waals surface area (Å²) in [4.78, 5) is 12.0. The van der Waals surface area contributed by atoms with E-state index in [-0.39, 0.29) is 17.8 Å². The topological polar surface area (TPSA) is 104 Å². The quantitative estimate of drug-likeness (QED) is 0.382. The van der Waals surface area contributed by atoms with Gasteiger partial charge in [-0.2, -0.15) is 0 Å². The Morgan fingerprint density at radius 1 is 1.40 bits per heavy atom. The highest BCUT2D eigenvalue weighted by Crippen LogP contribution is 2.21. The lowest BCUT2D eigenvalue weighted by Gasteiger charge is -2.11. The predicted octanol–water partition coefficient (Wildman–Crippen LogP) is 1.47. The number of thioether (sulfide) groups is 1. The number of hydrogen-bond donors (Lipinski definition) is 2. The van der Waals surface area contributed by atoms with Crippen molar-refractivity contribution >= 4 is 29.3 Å². The summed E-state index contributed by atoms with van der Waals surface area (Å²) in [6, 6.07) is 6.97. The van der Waals surface area contributed by atoms with Gasteiger partial charge in [0.1, 0.15) is 12.4 Å². The summed E-state index contributed by atoms with van der Waals surface area (Å²) in [5, 5.41) is 11.5. The van der Waals surface area contributed by atoms with E-state index < -0.39 is 0 Å². The van der Waals surface area contributed by atoms with Crippen molar-refractivity contribution in [3.63, 3.8) is 0 Å².